The van der Waals surface area contributed by atoms with Crippen LogP contribution in [-0.4, -0.2) is 91.5 Å². The van der Waals surface area contributed by atoms with Crippen molar-refractivity contribution in [1.29, 1.82) is 0 Å². The summed E-state index contributed by atoms with van der Waals surface area (Å²) in [6.45, 7) is 10.5. The predicted molar refractivity (Wildman–Crippen MR) is 155 cm³/mol. The normalized spacial score (nSPS) is 26.5. The van der Waals surface area contributed by atoms with Gasteiger partial charge >= 0.3 is 0 Å². The van der Waals surface area contributed by atoms with E-state index in [-0.39, 0.29) is 5.41 Å². The number of hydrogen-bond acceptors (Lipinski definition) is 4. The summed E-state index contributed by atoms with van der Waals surface area (Å²) in [6.07, 6.45) is 5.53. The molecule has 2 aromatic rings. The number of nitrogens with zero attached hydrogens (tertiary/aromatic N) is 3. The molecule has 0 bridgehead atoms. The average Bonchev–Trinajstić information content (AvgIpc) is 3.51. The van der Waals surface area contributed by atoms with E-state index in [1.54, 1.807) is 7.11 Å². The molecule has 1 unspecified atom stereocenters. The van der Waals surface area contributed by atoms with Gasteiger partial charge in [-0.25, -0.2) is 0 Å². The number of aliphatic hydroxyl groups is 2. The lowest BCUT2D eigenvalue weighted by Crippen LogP contribution is -2.46. The van der Waals surface area contributed by atoms with Crippen molar-refractivity contribution in [3.05, 3.63) is 65.7 Å². The van der Waals surface area contributed by atoms with E-state index in [4.69, 9.17) is 4.74 Å². The molecule has 1 spiro atoms. The van der Waals surface area contributed by atoms with Gasteiger partial charge in [0.15, 0.2) is 0 Å². The Morgan fingerprint density at radius 3 is 2.31 bits per heavy atom. The lowest BCUT2D eigenvalue weighted by Gasteiger charge is -2.39. The van der Waals surface area contributed by atoms with Crippen molar-refractivity contribution in [2.75, 3.05) is 66.1 Å². The Kier molecular flexibility index (Phi) is 8.24. The first kappa shape index (κ1) is 26.8. The van der Waals surface area contributed by atoms with E-state index in [1.165, 1.54) is 43.6 Å². The number of piperidine rings is 1. The molecule has 6 heteroatoms. The maximum absolute atomic E-state index is 13.6. The summed E-state index contributed by atoms with van der Waals surface area (Å²) < 4.78 is 9.86. The van der Waals surface area contributed by atoms with E-state index in [2.05, 4.69) is 61.9 Å². The lowest BCUT2D eigenvalue weighted by atomic mass is 9.76. The Balaban J connectivity index is 1.05. The van der Waals surface area contributed by atoms with E-state index < -0.39 is 0 Å². The molecular weight excluding hydrogens is 486 g/mol. The summed E-state index contributed by atoms with van der Waals surface area (Å²) in [6, 6.07) is 19.3. The number of carbonyl (C=O) groups is 1. The second kappa shape index (κ2) is 12.0. The zero-order chi connectivity index (χ0) is 26.7. The summed E-state index contributed by atoms with van der Waals surface area (Å²) in [7, 11) is 1.69. The second-order valence-corrected chi connectivity index (χ2v) is 12.5. The lowest BCUT2D eigenvalue weighted by molar-refractivity contribution is -0.139. The number of amides is 1. The van der Waals surface area contributed by atoms with E-state index in [0.717, 1.165) is 70.3 Å². The molecule has 4 fully saturated rings. The van der Waals surface area contributed by atoms with Crippen molar-refractivity contribution in [3.63, 3.8) is 0 Å². The zero-order valence-electron chi connectivity index (χ0n) is 23.6. The van der Waals surface area contributed by atoms with Crippen LogP contribution >= 0.6 is 0 Å². The molecule has 2 atom stereocenters. The molecule has 0 aliphatic carbocycles. The van der Waals surface area contributed by atoms with Crippen molar-refractivity contribution in [2.24, 2.45) is 17.3 Å². The summed E-state index contributed by atoms with van der Waals surface area (Å²) in [5.41, 5.74) is 2.53. The van der Waals surface area contributed by atoms with Crippen molar-refractivity contribution in [2.45, 2.75) is 44.6 Å². The van der Waals surface area contributed by atoms with Gasteiger partial charge in [0, 0.05) is 58.0 Å². The molecule has 4 aliphatic heterocycles. The number of hydrogen-bond donors (Lipinski definition) is 0. The van der Waals surface area contributed by atoms with Crippen molar-refractivity contribution < 1.29 is 14.3 Å². The van der Waals surface area contributed by atoms with Crippen LogP contribution in [0, 0.1) is 17.3 Å². The quantitative estimate of drug-likeness (QED) is 0.479. The van der Waals surface area contributed by atoms with Gasteiger partial charge in [0.05, 0.1) is 12.5 Å². The van der Waals surface area contributed by atoms with Gasteiger partial charge in [-0.15, -0.1) is 0 Å². The molecule has 1 N–H and O–H groups in total. The SMILES string of the molecule is COc1ccc(CN2CCC3(CCN(C[C@H]4CN(CC5CC[OH+]CC5)CC4c4ccccc4)CC3)C2=O)cc1. The molecule has 4 heterocycles. The Morgan fingerprint density at radius 1 is 0.872 bits per heavy atom. The third-order valence-corrected chi connectivity index (χ3v) is 10.1. The summed E-state index contributed by atoms with van der Waals surface area (Å²) in [5, 5.41) is 0. The van der Waals surface area contributed by atoms with Crippen molar-refractivity contribution >= 4 is 5.91 Å². The van der Waals surface area contributed by atoms with Gasteiger partial charge in [-0.2, -0.15) is 0 Å². The molecule has 0 radical (unpaired) electrons. The Morgan fingerprint density at radius 2 is 1.59 bits per heavy atom. The first-order valence-electron chi connectivity index (χ1n) is 15.2. The zero-order valence-corrected chi connectivity index (χ0v) is 23.6. The third kappa shape index (κ3) is 6.03. The molecule has 2 aromatic carbocycles. The van der Waals surface area contributed by atoms with Crippen molar-refractivity contribution in [1.82, 2.24) is 14.7 Å². The maximum atomic E-state index is 13.6. The minimum Gasteiger partial charge on any atom is -0.497 e. The van der Waals surface area contributed by atoms with Gasteiger partial charge in [0.1, 0.15) is 19.0 Å². The molecule has 1 amide bonds. The average molecular weight is 533 g/mol. The monoisotopic (exact) mass is 532 g/mol. The van der Waals surface area contributed by atoms with Gasteiger partial charge in [0.2, 0.25) is 5.91 Å². The van der Waals surface area contributed by atoms with Crippen LogP contribution in [0.3, 0.4) is 0 Å². The van der Waals surface area contributed by atoms with Gasteiger partial charge in [-0.1, -0.05) is 42.5 Å². The van der Waals surface area contributed by atoms with Crippen LogP contribution in [0.2, 0.25) is 0 Å². The molecule has 0 aromatic heterocycles. The molecule has 6 rings (SSSR count). The Labute approximate surface area is 234 Å². The highest BCUT2D eigenvalue weighted by Gasteiger charge is 2.48. The van der Waals surface area contributed by atoms with E-state index in [0.29, 0.717) is 24.3 Å². The van der Waals surface area contributed by atoms with Crippen LogP contribution in [0.25, 0.3) is 0 Å². The smallest absolute Gasteiger partial charge is 0.229 e. The number of ether oxygens (including phenoxy) is 2. The van der Waals surface area contributed by atoms with Crippen LogP contribution in [0.4, 0.5) is 0 Å². The third-order valence-electron chi connectivity index (χ3n) is 10.1. The van der Waals surface area contributed by atoms with E-state index in [1.807, 2.05) is 12.1 Å². The number of methoxy groups -OCH3 is 1. The number of benzene rings is 2. The van der Waals surface area contributed by atoms with Gasteiger partial charge in [0.25, 0.3) is 0 Å². The molecule has 210 valence electrons. The summed E-state index contributed by atoms with van der Waals surface area (Å²) in [5.74, 6) is 3.30. The first-order valence-corrected chi connectivity index (χ1v) is 15.2. The highest BCUT2D eigenvalue weighted by Crippen LogP contribution is 2.43. The highest BCUT2D eigenvalue weighted by atomic mass is 16.5. The molecular formula is C33H46N3O3+. The topological polar surface area (TPSA) is 48.8 Å². The minimum atomic E-state index is -0.143. The Bertz CT molecular complexity index is 1080. The largest absolute Gasteiger partial charge is 0.497 e. The van der Waals surface area contributed by atoms with Gasteiger partial charge in [-0.05, 0) is 67.4 Å². The summed E-state index contributed by atoms with van der Waals surface area (Å²) >= 11 is 0. The van der Waals surface area contributed by atoms with Gasteiger partial charge in [-0.3, -0.25) is 4.79 Å². The molecule has 6 nitrogen and oxygen atoms in total. The fraction of sp³-hybridized carbons (Fsp3) is 0.606. The van der Waals surface area contributed by atoms with Crippen LogP contribution in [-0.2, 0) is 11.3 Å². The molecule has 0 saturated carbocycles. The summed E-state index contributed by atoms with van der Waals surface area (Å²) in [4.78, 5) is 21.1. The highest BCUT2D eigenvalue weighted by molar-refractivity contribution is 5.85. The van der Waals surface area contributed by atoms with Crippen LogP contribution in [0.1, 0.15) is 49.1 Å². The molecule has 4 saturated heterocycles. The fourth-order valence-electron chi connectivity index (χ4n) is 7.68. The predicted octanol–water partition coefficient (Wildman–Crippen LogP) is 4.16. The van der Waals surface area contributed by atoms with Gasteiger partial charge < -0.3 is 24.2 Å². The Hall–Kier alpha value is -2.41. The van der Waals surface area contributed by atoms with Crippen LogP contribution < -0.4 is 4.74 Å². The first-order chi connectivity index (χ1) is 19.1. The fourth-order valence-corrected chi connectivity index (χ4v) is 7.68. The van der Waals surface area contributed by atoms with Crippen LogP contribution in [0.15, 0.2) is 54.6 Å². The van der Waals surface area contributed by atoms with Crippen LogP contribution in [0.5, 0.6) is 5.75 Å². The van der Waals surface area contributed by atoms with E-state index >= 15 is 0 Å². The maximum Gasteiger partial charge on any atom is 0.229 e. The van der Waals surface area contributed by atoms with Crippen molar-refractivity contribution in [3.8, 4) is 5.75 Å². The minimum absolute atomic E-state index is 0.143. The standard InChI is InChI=1S/C33H45N3O3/c1-38-30-9-7-26(8-10-30)22-36-18-15-33(32(36)37)13-16-34(17-14-33)23-29-24-35(21-27-11-19-39-20-12-27)25-31(29)28-5-3-2-4-6-28/h2-10,27,29,31H,11-25H2,1H3/p+1/t29-,31?/m0/s1. The number of likely N-dealkylation sites (tertiary alicyclic amines) is 3. The second-order valence-electron chi connectivity index (χ2n) is 12.5. The van der Waals surface area contributed by atoms with E-state index in [9.17, 15) is 4.79 Å². The number of carbonyl (C=O) groups excluding carboxylic acids is 1. The molecule has 4 aliphatic rings. The molecule has 39 heavy (non-hydrogen) atoms. The number of rotatable bonds is 8.